The van der Waals surface area contributed by atoms with Crippen LogP contribution in [0.5, 0.6) is 0 Å². The van der Waals surface area contributed by atoms with Gasteiger partial charge in [-0.2, -0.15) is 4.31 Å². The molecule has 1 aromatic heterocycles. The SMILES string of the molecule is O=C(CC1CCN(S(=O)(=O)c2cccs2)CC1)NCc1ccccc1. The Kier molecular flexibility index (Phi) is 5.88. The molecule has 0 spiro atoms. The van der Waals surface area contributed by atoms with Crippen molar-refractivity contribution in [2.45, 2.75) is 30.0 Å². The van der Waals surface area contributed by atoms with E-state index < -0.39 is 10.0 Å². The highest BCUT2D eigenvalue weighted by Gasteiger charge is 2.30. The van der Waals surface area contributed by atoms with E-state index in [1.54, 1.807) is 17.5 Å². The molecule has 0 radical (unpaired) electrons. The summed E-state index contributed by atoms with van der Waals surface area (Å²) in [5.74, 6) is 0.272. The fraction of sp³-hybridized carbons (Fsp3) is 0.389. The van der Waals surface area contributed by atoms with E-state index in [9.17, 15) is 13.2 Å². The number of rotatable bonds is 6. The summed E-state index contributed by atoms with van der Waals surface area (Å²) in [6.45, 7) is 1.50. The normalized spacial score (nSPS) is 16.6. The summed E-state index contributed by atoms with van der Waals surface area (Å²) in [6.07, 6.45) is 1.91. The number of hydrogen-bond acceptors (Lipinski definition) is 4. The Labute approximate surface area is 152 Å². The van der Waals surface area contributed by atoms with Crippen LogP contribution in [-0.2, 0) is 21.4 Å². The minimum absolute atomic E-state index is 0.0309. The molecule has 1 amide bonds. The van der Waals surface area contributed by atoms with E-state index in [1.165, 1.54) is 15.6 Å². The maximum Gasteiger partial charge on any atom is 0.252 e. The molecule has 134 valence electrons. The van der Waals surface area contributed by atoms with Gasteiger partial charge in [0.15, 0.2) is 0 Å². The van der Waals surface area contributed by atoms with Crippen molar-refractivity contribution in [3.63, 3.8) is 0 Å². The van der Waals surface area contributed by atoms with Gasteiger partial charge in [0, 0.05) is 26.1 Å². The van der Waals surface area contributed by atoms with Crippen LogP contribution in [0.4, 0.5) is 0 Å². The van der Waals surface area contributed by atoms with Gasteiger partial charge in [0.25, 0.3) is 10.0 Å². The van der Waals surface area contributed by atoms with Gasteiger partial charge in [-0.3, -0.25) is 4.79 Å². The Morgan fingerprint density at radius 1 is 1.12 bits per heavy atom. The molecular formula is C18H22N2O3S2. The molecule has 0 aliphatic carbocycles. The van der Waals surface area contributed by atoms with Crippen molar-refractivity contribution >= 4 is 27.3 Å². The first-order chi connectivity index (χ1) is 12.1. The van der Waals surface area contributed by atoms with Crippen molar-refractivity contribution in [1.29, 1.82) is 0 Å². The molecule has 1 aliphatic rings. The second kappa shape index (κ2) is 8.12. The Morgan fingerprint density at radius 3 is 2.48 bits per heavy atom. The van der Waals surface area contributed by atoms with Crippen LogP contribution < -0.4 is 5.32 Å². The molecule has 2 heterocycles. The molecule has 0 unspecified atom stereocenters. The van der Waals surface area contributed by atoms with E-state index in [4.69, 9.17) is 0 Å². The van der Waals surface area contributed by atoms with E-state index >= 15 is 0 Å². The molecule has 5 nitrogen and oxygen atoms in total. The summed E-state index contributed by atoms with van der Waals surface area (Å²) >= 11 is 1.25. The number of piperidine rings is 1. The number of hydrogen-bond donors (Lipinski definition) is 1. The zero-order chi connectivity index (χ0) is 17.7. The molecular weight excluding hydrogens is 356 g/mol. The summed E-state index contributed by atoms with van der Waals surface area (Å²) in [5, 5.41) is 4.72. The molecule has 3 rings (SSSR count). The molecule has 1 aliphatic heterocycles. The largest absolute Gasteiger partial charge is 0.352 e. The molecule has 1 N–H and O–H groups in total. The number of nitrogens with zero attached hydrogens (tertiary/aromatic N) is 1. The van der Waals surface area contributed by atoms with Gasteiger partial charge in [-0.1, -0.05) is 36.4 Å². The highest BCUT2D eigenvalue weighted by Crippen LogP contribution is 2.27. The molecule has 0 bridgehead atoms. The third-order valence-electron chi connectivity index (χ3n) is 4.47. The molecule has 0 atom stereocenters. The predicted molar refractivity (Wildman–Crippen MR) is 98.7 cm³/mol. The topological polar surface area (TPSA) is 66.5 Å². The maximum absolute atomic E-state index is 12.5. The molecule has 1 saturated heterocycles. The van der Waals surface area contributed by atoms with Gasteiger partial charge >= 0.3 is 0 Å². The number of carbonyl (C=O) groups excluding carboxylic acids is 1. The van der Waals surface area contributed by atoms with E-state index in [1.807, 2.05) is 30.3 Å². The summed E-state index contributed by atoms with van der Waals surface area (Å²) in [6, 6.07) is 13.2. The molecule has 1 aromatic carbocycles. The number of sulfonamides is 1. The summed E-state index contributed by atoms with van der Waals surface area (Å²) < 4.78 is 26.9. The third kappa shape index (κ3) is 4.68. The Morgan fingerprint density at radius 2 is 1.84 bits per heavy atom. The Balaban J connectivity index is 1.45. The second-order valence-corrected chi connectivity index (χ2v) is 9.36. The number of nitrogens with one attached hydrogen (secondary N) is 1. The van der Waals surface area contributed by atoms with E-state index in [0.717, 1.165) is 18.4 Å². The van der Waals surface area contributed by atoms with Crippen molar-refractivity contribution in [3.8, 4) is 0 Å². The molecule has 1 fully saturated rings. The lowest BCUT2D eigenvalue weighted by atomic mass is 9.94. The number of benzene rings is 1. The van der Waals surface area contributed by atoms with Crippen LogP contribution in [0.1, 0.15) is 24.8 Å². The van der Waals surface area contributed by atoms with Gasteiger partial charge < -0.3 is 5.32 Å². The summed E-state index contributed by atoms with van der Waals surface area (Å²) in [7, 11) is -3.37. The quantitative estimate of drug-likeness (QED) is 0.840. The van der Waals surface area contributed by atoms with Crippen molar-refractivity contribution in [2.24, 2.45) is 5.92 Å². The fourth-order valence-electron chi connectivity index (χ4n) is 3.02. The van der Waals surface area contributed by atoms with Crippen LogP contribution in [0.15, 0.2) is 52.1 Å². The fourth-order valence-corrected chi connectivity index (χ4v) is 5.64. The summed E-state index contributed by atoms with van der Waals surface area (Å²) in [5.41, 5.74) is 1.08. The molecule has 0 saturated carbocycles. The zero-order valence-corrected chi connectivity index (χ0v) is 15.6. The lowest BCUT2D eigenvalue weighted by Gasteiger charge is -2.30. The zero-order valence-electron chi connectivity index (χ0n) is 13.9. The molecule has 7 heteroatoms. The number of thiophene rings is 1. The van der Waals surface area contributed by atoms with Crippen LogP contribution in [0.3, 0.4) is 0 Å². The molecule has 25 heavy (non-hydrogen) atoms. The van der Waals surface area contributed by atoms with E-state index in [-0.39, 0.29) is 11.8 Å². The first-order valence-corrected chi connectivity index (χ1v) is 10.7. The van der Waals surface area contributed by atoms with Crippen molar-refractivity contribution in [3.05, 3.63) is 53.4 Å². The average molecular weight is 379 g/mol. The van der Waals surface area contributed by atoms with Crippen molar-refractivity contribution in [2.75, 3.05) is 13.1 Å². The minimum Gasteiger partial charge on any atom is -0.352 e. The lowest BCUT2D eigenvalue weighted by molar-refractivity contribution is -0.122. The van der Waals surface area contributed by atoms with Crippen LogP contribution >= 0.6 is 11.3 Å². The van der Waals surface area contributed by atoms with Crippen LogP contribution in [-0.4, -0.2) is 31.7 Å². The van der Waals surface area contributed by atoms with Gasteiger partial charge in [-0.05, 0) is 35.8 Å². The van der Waals surface area contributed by atoms with Crippen molar-refractivity contribution < 1.29 is 13.2 Å². The maximum atomic E-state index is 12.5. The second-order valence-electron chi connectivity index (χ2n) is 6.25. The van der Waals surface area contributed by atoms with Crippen LogP contribution in [0.25, 0.3) is 0 Å². The van der Waals surface area contributed by atoms with Crippen LogP contribution in [0.2, 0.25) is 0 Å². The predicted octanol–water partition coefficient (Wildman–Crippen LogP) is 2.86. The summed E-state index contributed by atoms with van der Waals surface area (Å²) in [4.78, 5) is 12.1. The lowest BCUT2D eigenvalue weighted by Crippen LogP contribution is -2.39. The highest BCUT2D eigenvalue weighted by molar-refractivity contribution is 7.91. The van der Waals surface area contributed by atoms with E-state index in [2.05, 4.69) is 5.32 Å². The standard InChI is InChI=1S/C18H22N2O3S2/c21-17(19-14-16-5-2-1-3-6-16)13-15-8-10-20(11-9-15)25(22,23)18-7-4-12-24-18/h1-7,12,15H,8-11,13-14H2,(H,19,21). The highest BCUT2D eigenvalue weighted by atomic mass is 32.2. The smallest absolute Gasteiger partial charge is 0.252 e. The molecule has 2 aromatic rings. The van der Waals surface area contributed by atoms with Gasteiger partial charge in [0.05, 0.1) is 0 Å². The Hall–Kier alpha value is -1.70. The first-order valence-electron chi connectivity index (χ1n) is 8.40. The number of amides is 1. The average Bonchev–Trinajstić information content (AvgIpc) is 3.17. The van der Waals surface area contributed by atoms with Gasteiger partial charge in [0.2, 0.25) is 5.91 Å². The van der Waals surface area contributed by atoms with E-state index in [0.29, 0.717) is 30.3 Å². The first kappa shape index (κ1) is 18.1. The minimum atomic E-state index is -3.37. The van der Waals surface area contributed by atoms with Crippen LogP contribution in [0, 0.1) is 5.92 Å². The van der Waals surface area contributed by atoms with Gasteiger partial charge in [0.1, 0.15) is 4.21 Å². The third-order valence-corrected chi connectivity index (χ3v) is 7.74. The monoisotopic (exact) mass is 378 g/mol. The van der Waals surface area contributed by atoms with Gasteiger partial charge in [-0.25, -0.2) is 8.42 Å². The number of carbonyl (C=O) groups is 1. The Bertz CT molecular complexity index is 781. The van der Waals surface area contributed by atoms with Crippen molar-refractivity contribution in [1.82, 2.24) is 9.62 Å². The van der Waals surface area contributed by atoms with Gasteiger partial charge in [-0.15, -0.1) is 11.3 Å².